The van der Waals surface area contributed by atoms with Crippen molar-refractivity contribution in [3.8, 4) is 11.3 Å². The summed E-state index contributed by atoms with van der Waals surface area (Å²) in [6, 6.07) is 11.9. The van der Waals surface area contributed by atoms with Crippen molar-refractivity contribution in [3.63, 3.8) is 0 Å². The number of nitrogens with zero attached hydrogens (tertiary/aromatic N) is 4. The summed E-state index contributed by atoms with van der Waals surface area (Å²) in [6.07, 6.45) is 6.54. The highest BCUT2D eigenvalue weighted by Crippen LogP contribution is 2.29. The molecule has 0 saturated carbocycles. The molecule has 4 rings (SSSR count). The number of hydrogen-bond acceptors (Lipinski definition) is 6. The van der Waals surface area contributed by atoms with Crippen LogP contribution >= 0.6 is 0 Å². The van der Waals surface area contributed by atoms with Crippen molar-refractivity contribution in [1.82, 2.24) is 19.5 Å². The lowest BCUT2D eigenvalue weighted by Crippen LogP contribution is -2.11. The van der Waals surface area contributed by atoms with E-state index < -0.39 is 10.0 Å². The van der Waals surface area contributed by atoms with Gasteiger partial charge in [-0.1, -0.05) is 6.92 Å². The first-order chi connectivity index (χ1) is 14.0. The van der Waals surface area contributed by atoms with Crippen molar-refractivity contribution >= 4 is 32.7 Å². The lowest BCUT2D eigenvalue weighted by atomic mass is 10.1. The molecule has 0 saturated heterocycles. The van der Waals surface area contributed by atoms with Gasteiger partial charge in [-0.3, -0.25) is 0 Å². The molecule has 29 heavy (non-hydrogen) atoms. The van der Waals surface area contributed by atoms with Crippen molar-refractivity contribution in [2.45, 2.75) is 24.8 Å². The largest absolute Gasteiger partial charge is 0.332 e. The monoisotopic (exact) mass is 408 g/mol. The lowest BCUT2D eigenvalue weighted by Gasteiger charge is -2.07. The molecule has 8 nitrogen and oxygen atoms in total. The third kappa shape index (κ3) is 3.96. The van der Waals surface area contributed by atoms with E-state index in [1.165, 1.54) is 12.1 Å². The summed E-state index contributed by atoms with van der Waals surface area (Å²) >= 11 is 0. The van der Waals surface area contributed by atoms with E-state index in [0.717, 1.165) is 35.3 Å². The number of benzene rings is 1. The smallest absolute Gasteiger partial charge is 0.238 e. The van der Waals surface area contributed by atoms with Crippen LogP contribution in [0.4, 0.5) is 11.6 Å². The first-order valence-corrected chi connectivity index (χ1v) is 10.7. The Morgan fingerprint density at radius 3 is 2.59 bits per heavy atom. The van der Waals surface area contributed by atoms with E-state index in [2.05, 4.69) is 38.0 Å². The average Bonchev–Trinajstić information content (AvgIpc) is 3.07. The zero-order chi connectivity index (χ0) is 20.4. The van der Waals surface area contributed by atoms with Gasteiger partial charge in [-0.2, -0.15) is 0 Å². The molecule has 148 valence electrons. The minimum absolute atomic E-state index is 0.0500. The summed E-state index contributed by atoms with van der Waals surface area (Å²) in [6.45, 7) is 3.00. The van der Waals surface area contributed by atoms with Gasteiger partial charge >= 0.3 is 0 Å². The maximum atomic E-state index is 11.4. The summed E-state index contributed by atoms with van der Waals surface area (Å²) in [4.78, 5) is 13.5. The Balaban J connectivity index is 1.67. The quantitative estimate of drug-likeness (QED) is 0.506. The Kier molecular flexibility index (Phi) is 4.99. The highest BCUT2D eigenvalue weighted by Gasteiger charge is 2.13. The number of nitrogens with two attached hydrogens (primary N) is 1. The van der Waals surface area contributed by atoms with Gasteiger partial charge in [0.25, 0.3) is 0 Å². The zero-order valence-corrected chi connectivity index (χ0v) is 16.6. The molecule has 0 aliphatic heterocycles. The first kappa shape index (κ1) is 19.0. The van der Waals surface area contributed by atoms with Crippen LogP contribution in [-0.4, -0.2) is 27.9 Å². The molecule has 3 N–H and O–H groups in total. The first-order valence-electron chi connectivity index (χ1n) is 9.13. The van der Waals surface area contributed by atoms with Gasteiger partial charge in [-0.05, 0) is 48.9 Å². The fourth-order valence-corrected chi connectivity index (χ4v) is 3.68. The molecular weight excluding hydrogens is 388 g/mol. The molecule has 0 bridgehead atoms. The van der Waals surface area contributed by atoms with E-state index in [1.54, 1.807) is 24.5 Å². The number of hydrogen-bond donors (Lipinski definition) is 2. The molecule has 0 spiro atoms. The molecule has 0 atom stereocenters. The van der Waals surface area contributed by atoms with Gasteiger partial charge in [0, 0.05) is 41.8 Å². The third-order valence-corrected chi connectivity index (χ3v) is 5.40. The molecule has 0 amide bonds. The van der Waals surface area contributed by atoms with Crippen LogP contribution in [0.3, 0.4) is 0 Å². The van der Waals surface area contributed by atoms with Crippen molar-refractivity contribution in [1.29, 1.82) is 0 Å². The third-order valence-electron chi connectivity index (χ3n) is 4.47. The molecule has 0 radical (unpaired) electrons. The number of primary sulfonamides is 1. The normalized spacial score (nSPS) is 11.7. The summed E-state index contributed by atoms with van der Waals surface area (Å²) in [5.41, 5.74) is 3.34. The Bertz CT molecular complexity index is 1270. The molecule has 0 aliphatic rings. The number of rotatable bonds is 6. The van der Waals surface area contributed by atoms with Crippen LogP contribution in [0.1, 0.15) is 13.3 Å². The molecule has 0 unspecified atom stereocenters. The van der Waals surface area contributed by atoms with Crippen molar-refractivity contribution in [3.05, 3.63) is 61.1 Å². The molecule has 3 heterocycles. The highest BCUT2D eigenvalue weighted by atomic mass is 32.2. The molecule has 0 aliphatic carbocycles. The van der Waals surface area contributed by atoms with E-state index >= 15 is 0 Å². The number of anilines is 2. The molecule has 9 heteroatoms. The SMILES string of the molecule is CCCn1cc(-c2ccnc(Nc3ccc(S(N)(=O)=O)cc3)n2)c2cccnc21. The number of aryl methyl sites for hydroxylation is 1. The Labute approximate surface area is 168 Å². The van der Waals surface area contributed by atoms with Crippen LogP contribution in [0.25, 0.3) is 22.3 Å². The molecule has 0 fully saturated rings. The van der Waals surface area contributed by atoms with Crippen molar-refractivity contribution in [2.75, 3.05) is 5.32 Å². The zero-order valence-electron chi connectivity index (χ0n) is 15.8. The Hall–Kier alpha value is -3.30. The van der Waals surface area contributed by atoms with Gasteiger partial charge in [-0.25, -0.2) is 28.5 Å². The number of nitrogens with one attached hydrogen (secondary N) is 1. The molecule has 4 aromatic rings. The molecule has 1 aromatic carbocycles. The number of pyridine rings is 1. The van der Waals surface area contributed by atoms with Gasteiger partial charge in [0.1, 0.15) is 5.65 Å². The molecule has 3 aromatic heterocycles. The van der Waals surface area contributed by atoms with Crippen LogP contribution in [0.15, 0.2) is 66.0 Å². The van der Waals surface area contributed by atoms with Crippen LogP contribution in [0.5, 0.6) is 0 Å². The standard InChI is InChI=1S/C20H20N6O2S/c1-2-12-26-13-17(16-4-3-10-22-19(16)26)18-9-11-23-20(25-18)24-14-5-7-15(8-6-14)29(21,27)28/h3-11,13H,2,12H2,1H3,(H2,21,27,28)(H,23,24,25). The second-order valence-electron chi connectivity index (χ2n) is 6.57. The Morgan fingerprint density at radius 1 is 1.07 bits per heavy atom. The molecular formula is C20H20N6O2S. The van der Waals surface area contributed by atoms with Gasteiger partial charge in [0.05, 0.1) is 10.6 Å². The fraction of sp³-hybridized carbons (Fsp3) is 0.150. The predicted octanol–water partition coefficient (Wildman–Crippen LogP) is 3.29. The summed E-state index contributed by atoms with van der Waals surface area (Å²) in [5.74, 6) is 0.408. The van der Waals surface area contributed by atoms with Crippen LogP contribution in [-0.2, 0) is 16.6 Å². The van der Waals surface area contributed by atoms with Crippen LogP contribution in [0, 0.1) is 0 Å². The highest BCUT2D eigenvalue weighted by molar-refractivity contribution is 7.89. The number of fused-ring (bicyclic) bond motifs is 1. The second-order valence-corrected chi connectivity index (χ2v) is 8.13. The van der Waals surface area contributed by atoms with E-state index in [9.17, 15) is 8.42 Å². The minimum atomic E-state index is -3.73. The van der Waals surface area contributed by atoms with Gasteiger partial charge in [0.15, 0.2) is 0 Å². The van der Waals surface area contributed by atoms with Gasteiger partial charge in [0.2, 0.25) is 16.0 Å². The lowest BCUT2D eigenvalue weighted by molar-refractivity contribution is 0.598. The predicted molar refractivity (Wildman–Crippen MR) is 112 cm³/mol. The number of aromatic nitrogens is 4. The van der Waals surface area contributed by atoms with Crippen molar-refractivity contribution < 1.29 is 8.42 Å². The number of sulfonamides is 1. The average molecular weight is 408 g/mol. The van der Waals surface area contributed by atoms with E-state index in [0.29, 0.717) is 11.6 Å². The summed E-state index contributed by atoms with van der Waals surface area (Å²) in [7, 11) is -3.73. The van der Waals surface area contributed by atoms with Gasteiger partial charge in [-0.15, -0.1) is 0 Å². The van der Waals surface area contributed by atoms with E-state index in [4.69, 9.17) is 5.14 Å². The van der Waals surface area contributed by atoms with Crippen LogP contribution < -0.4 is 10.5 Å². The fourth-order valence-electron chi connectivity index (χ4n) is 3.16. The minimum Gasteiger partial charge on any atom is -0.332 e. The van der Waals surface area contributed by atoms with Crippen LogP contribution in [0.2, 0.25) is 0 Å². The second kappa shape index (κ2) is 7.61. The topological polar surface area (TPSA) is 116 Å². The maximum Gasteiger partial charge on any atom is 0.238 e. The van der Waals surface area contributed by atoms with Crippen molar-refractivity contribution in [2.24, 2.45) is 5.14 Å². The maximum absolute atomic E-state index is 11.4. The summed E-state index contributed by atoms with van der Waals surface area (Å²) in [5, 5.41) is 9.26. The summed E-state index contributed by atoms with van der Waals surface area (Å²) < 4.78 is 24.9. The van der Waals surface area contributed by atoms with E-state index in [-0.39, 0.29) is 4.90 Å². The van der Waals surface area contributed by atoms with E-state index in [1.807, 2.05) is 18.2 Å². The Morgan fingerprint density at radius 2 is 1.86 bits per heavy atom. The van der Waals surface area contributed by atoms with Gasteiger partial charge < -0.3 is 9.88 Å².